The van der Waals surface area contributed by atoms with E-state index in [0.717, 1.165) is 16.7 Å². The third-order valence-corrected chi connectivity index (χ3v) is 7.03. The number of amides is 1. The normalized spacial score (nSPS) is 21.1. The average Bonchev–Trinajstić information content (AvgIpc) is 2.77. The summed E-state index contributed by atoms with van der Waals surface area (Å²) in [5, 5.41) is -0.192. The second kappa shape index (κ2) is 8.65. The fraction of sp³-hybridized carbons (Fsp3) is 0.273. The zero-order chi connectivity index (χ0) is 20.4. The lowest BCUT2D eigenvalue weighted by atomic mass is 10.0. The Labute approximate surface area is 178 Å². The zero-order valence-electron chi connectivity index (χ0n) is 16.0. The molecule has 0 spiro atoms. The summed E-state index contributed by atoms with van der Waals surface area (Å²) < 4.78 is 6.02. The van der Waals surface area contributed by atoms with Crippen molar-refractivity contribution in [2.75, 3.05) is 17.8 Å². The standard InChI is InChI=1S/C22H22N2O3S2/c1-28-12-16-13-29-21-17(23)20(25)24(21)18(16)22(26)27-19(14-8-4-2-5-9-14)15-10-6-3-7-11-15/h2-11,17,19,21H,12-13,23H2,1H3/t17?,21-/m1/s1. The molecular weight excluding hydrogens is 404 g/mol. The van der Waals surface area contributed by atoms with Gasteiger partial charge in [0.2, 0.25) is 5.91 Å². The van der Waals surface area contributed by atoms with E-state index < -0.39 is 18.1 Å². The number of carbonyl (C=O) groups is 2. The van der Waals surface area contributed by atoms with Gasteiger partial charge >= 0.3 is 5.97 Å². The number of hydrogen-bond acceptors (Lipinski definition) is 6. The number of nitrogens with two attached hydrogens (primary N) is 1. The Morgan fingerprint density at radius 1 is 1.17 bits per heavy atom. The quantitative estimate of drug-likeness (QED) is 0.565. The van der Waals surface area contributed by atoms with Crippen molar-refractivity contribution in [3.63, 3.8) is 0 Å². The summed E-state index contributed by atoms with van der Waals surface area (Å²) in [5.41, 5.74) is 9.00. The second-order valence-electron chi connectivity index (χ2n) is 6.93. The van der Waals surface area contributed by atoms with E-state index in [9.17, 15) is 9.59 Å². The lowest BCUT2D eigenvalue weighted by Crippen LogP contribution is -2.68. The van der Waals surface area contributed by atoms with Crippen molar-refractivity contribution in [1.82, 2.24) is 4.90 Å². The Kier molecular flexibility index (Phi) is 5.99. The molecule has 2 aromatic carbocycles. The Balaban J connectivity index is 1.68. The molecule has 5 nitrogen and oxygen atoms in total. The van der Waals surface area contributed by atoms with Gasteiger partial charge in [-0.05, 0) is 23.0 Å². The van der Waals surface area contributed by atoms with Crippen LogP contribution in [-0.4, -0.2) is 46.0 Å². The van der Waals surface area contributed by atoms with Crippen molar-refractivity contribution < 1.29 is 14.3 Å². The van der Waals surface area contributed by atoms with E-state index in [0.29, 0.717) is 17.2 Å². The van der Waals surface area contributed by atoms with Crippen LogP contribution in [0.15, 0.2) is 71.9 Å². The van der Waals surface area contributed by atoms with E-state index in [1.54, 1.807) is 23.5 Å². The largest absolute Gasteiger partial charge is 0.448 e. The molecule has 0 saturated carbocycles. The fourth-order valence-electron chi connectivity index (χ4n) is 3.60. The van der Waals surface area contributed by atoms with Gasteiger partial charge in [-0.25, -0.2) is 4.79 Å². The second-order valence-corrected chi connectivity index (χ2v) is 8.90. The molecule has 2 atom stereocenters. The number of thioether (sulfide) groups is 2. The molecule has 1 amide bonds. The van der Waals surface area contributed by atoms with Gasteiger partial charge < -0.3 is 10.5 Å². The van der Waals surface area contributed by atoms with Gasteiger partial charge in [-0.2, -0.15) is 11.8 Å². The van der Waals surface area contributed by atoms with Crippen LogP contribution in [0.3, 0.4) is 0 Å². The van der Waals surface area contributed by atoms with Gasteiger partial charge in [0.1, 0.15) is 17.1 Å². The number of carbonyl (C=O) groups excluding carboxylic acids is 2. The number of hydrogen-bond donors (Lipinski definition) is 1. The lowest BCUT2D eigenvalue weighted by Gasteiger charge is -2.48. The molecule has 1 saturated heterocycles. The smallest absolute Gasteiger partial charge is 0.356 e. The van der Waals surface area contributed by atoms with Gasteiger partial charge in [0.25, 0.3) is 0 Å². The third kappa shape index (κ3) is 3.82. The predicted molar refractivity (Wildman–Crippen MR) is 117 cm³/mol. The first-order chi connectivity index (χ1) is 14.1. The number of benzene rings is 2. The molecule has 0 bridgehead atoms. The number of β-lactam (4-membered cyclic amide) rings is 1. The van der Waals surface area contributed by atoms with E-state index in [1.165, 1.54) is 4.90 Å². The number of esters is 1. The fourth-order valence-corrected chi connectivity index (χ4v) is 5.61. The van der Waals surface area contributed by atoms with Gasteiger partial charge in [-0.1, -0.05) is 60.7 Å². The lowest BCUT2D eigenvalue weighted by molar-refractivity contribution is -0.153. The monoisotopic (exact) mass is 426 g/mol. The van der Waals surface area contributed by atoms with E-state index >= 15 is 0 Å². The molecular formula is C22H22N2O3S2. The number of fused-ring (bicyclic) bond motifs is 1. The molecule has 150 valence electrons. The molecule has 0 aliphatic carbocycles. The summed E-state index contributed by atoms with van der Waals surface area (Å²) in [5.74, 6) is 0.653. The van der Waals surface area contributed by atoms with Crippen LogP contribution in [0.5, 0.6) is 0 Å². The van der Waals surface area contributed by atoms with Crippen LogP contribution in [0.4, 0.5) is 0 Å². The summed E-state index contributed by atoms with van der Waals surface area (Å²) in [7, 11) is 0. The zero-order valence-corrected chi connectivity index (χ0v) is 17.6. The first-order valence-corrected chi connectivity index (χ1v) is 11.8. The van der Waals surface area contributed by atoms with Crippen LogP contribution in [0.1, 0.15) is 17.2 Å². The molecule has 2 aliphatic rings. The van der Waals surface area contributed by atoms with Crippen LogP contribution in [0.25, 0.3) is 0 Å². The molecule has 0 aromatic heterocycles. The van der Waals surface area contributed by atoms with Gasteiger partial charge in [-0.3, -0.25) is 9.69 Å². The van der Waals surface area contributed by atoms with Crippen LogP contribution in [0, 0.1) is 0 Å². The maximum absolute atomic E-state index is 13.3. The molecule has 4 rings (SSSR count). The molecule has 0 radical (unpaired) electrons. The highest BCUT2D eigenvalue weighted by Gasteiger charge is 2.52. The highest BCUT2D eigenvalue weighted by molar-refractivity contribution is 8.00. The molecule has 2 aromatic rings. The van der Waals surface area contributed by atoms with Crippen molar-refractivity contribution in [2.45, 2.75) is 17.5 Å². The minimum Gasteiger partial charge on any atom is -0.448 e. The topological polar surface area (TPSA) is 72.6 Å². The molecule has 2 heterocycles. The third-order valence-electron chi connectivity index (χ3n) is 5.03. The minimum atomic E-state index is -0.558. The van der Waals surface area contributed by atoms with Crippen LogP contribution < -0.4 is 5.73 Å². The average molecular weight is 427 g/mol. The first-order valence-electron chi connectivity index (χ1n) is 9.34. The van der Waals surface area contributed by atoms with Crippen molar-refractivity contribution in [3.05, 3.63) is 83.1 Å². The molecule has 2 N–H and O–H groups in total. The summed E-state index contributed by atoms with van der Waals surface area (Å²) in [6.45, 7) is 0. The Bertz CT molecular complexity index is 894. The summed E-state index contributed by atoms with van der Waals surface area (Å²) >= 11 is 3.23. The van der Waals surface area contributed by atoms with Gasteiger partial charge in [0, 0.05) is 11.5 Å². The van der Waals surface area contributed by atoms with Gasteiger partial charge in [0.15, 0.2) is 6.10 Å². The first kappa shape index (κ1) is 20.1. The SMILES string of the molecule is CSCC1=C(C(=O)OC(c2ccccc2)c2ccccc2)N2C(=O)C(N)[C@H]2SC1. The Morgan fingerprint density at radius 2 is 1.76 bits per heavy atom. The number of nitrogens with zero attached hydrogens (tertiary/aromatic N) is 1. The molecule has 7 heteroatoms. The number of ether oxygens (including phenoxy) is 1. The Hall–Kier alpha value is -2.22. The van der Waals surface area contributed by atoms with E-state index in [2.05, 4.69) is 0 Å². The highest BCUT2D eigenvalue weighted by atomic mass is 32.2. The molecule has 1 fully saturated rings. The van der Waals surface area contributed by atoms with E-state index in [4.69, 9.17) is 10.5 Å². The summed E-state index contributed by atoms with van der Waals surface area (Å²) in [6.07, 6.45) is 1.43. The van der Waals surface area contributed by atoms with E-state index in [1.807, 2.05) is 66.9 Å². The van der Waals surface area contributed by atoms with Crippen molar-refractivity contribution in [2.24, 2.45) is 5.73 Å². The van der Waals surface area contributed by atoms with Gasteiger partial charge in [-0.15, -0.1) is 11.8 Å². The maximum atomic E-state index is 13.3. The van der Waals surface area contributed by atoms with Crippen molar-refractivity contribution in [1.29, 1.82) is 0 Å². The summed E-state index contributed by atoms with van der Waals surface area (Å²) in [4.78, 5) is 27.3. The van der Waals surface area contributed by atoms with Crippen molar-refractivity contribution >= 4 is 35.4 Å². The van der Waals surface area contributed by atoms with Crippen LogP contribution in [-0.2, 0) is 14.3 Å². The highest BCUT2D eigenvalue weighted by Crippen LogP contribution is 2.41. The maximum Gasteiger partial charge on any atom is 0.356 e. The van der Waals surface area contributed by atoms with Crippen LogP contribution in [0.2, 0.25) is 0 Å². The molecule has 1 unspecified atom stereocenters. The summed E-state index contributed by atoms with van der Waals surface area (Å²) in [6, 6.07) is 18.7. The Morgan fingerprint density at radius 3 is 2.31 bits per heavy atom. The predicted octanol–water partition coefficient (Wildman–Crippen LogP) is 3.18. The molecule has 2 aliphatic heterocycles. The van der Waals surface area contributed by atoms with Crippen molar-refractivity contribution in [3.8, 4) is 0 Å². The van der Waals surface area contributed by atoms with Gasteiger partial charge in [0.05, 0.1) is 0 Å². The van der Waals surface area contributed by atoms with E-state index in [-0.39, 0.29) is 11.3 Å². The molecule has 29 heavy (non-hydrogen) atoms. The number of rotatable bonds is 6. The van der Waals surface area contributed by atoms with Crippen LogP contribution >= 0.6 is 23.5 Å². The minimum absolute atomic E-state index is 0.192.